The molecule has 0 unspecified atom stereocenters. The van der Waals surface area contributed by atoms with Crippen molar-refractivity contribution in [3.05, 3.63) is 53.9 Å². The molecule has 1 N–H and O–H groups in total. The molecular weight excluding hydrogens is 272 g/mol. The van der Waals surface area contributed by atoms with Crippen LogP contribution in [-0.2, 0) is 16.6 Å². The maximum atomic E-state index is 12.6. The van der Waals surface area contributed by atoms with Crippen LogP contribution in [0, 0.1) is 19.3 Å². The first-order chi connectivity index (χ1) is 9.54. The van der Waals surface area contributed by atoms with Gasteiger partial charge in [0.25, 0.3) is 0 Å². The Kier molecular flexibility index (Phi) is 4.28. The largest absolute Gasteiger partial charge is 0.364 e. The van der Waals surface area contributed by atoms with Crippen molar-refractivity contribution in [3.8, 4) is 12.3 Å². The number of hydrogen-bond acceptors (Lipinski definition) is 2. The summed E-state index contributed by atoms with van der Waals surface area (Å²) < 4.78 is 26.4. The highest BCUT2D eigenvalue weighted by Gasteiger charge is 2.24. The number of aromatic amines is 1. The highest BCUT2D eigenvalue weighted by atomic mass is 32.2. The summed E-state index contributed by atoms with van der Waals surface area (Å²) in [6.07, 6.45) is 7.04. The van der Waals surface area contributed by atoms with E-state index in [0.29, 0.717) is 0 Å². The van der Waals surface area contributed by atoms with Crippen molar-refractivity contribution in [1.29, 1.82) is 0 Å². The van der Waals surface area contributed by atoms with Crippen molar-refractivity contribution < 1.29 is 8.42 Å². The molecule has 1 heterocycles. The highest BCUT2D eigenvalue weighted by molar-refractivity contribution is 7.89. The average Bonchev–Trinajstić information content (AvgIpc) is 2.92. The number of hydrogen-bond donors (Lipinski definition) is 1. The van der Waals surface area contributed by atoms with Crippen LogP contribution in [0.15, 0.2) is 47.5 Å². The Morgan fingerprint density at radius 2 is 1.95 bits per heavy atom. The zero-order chi connectivity index (χ0) is 14.6. The molecule has 0 amide bonds. The van der Waals surface area contributed by atoms with E-state index in [4.69, 9.17) is 6.42 Å². The highest BCUT2D eigenvalue weighted by Crippen LogP contribution is 2.18. The third-order valence-corrected chi connectivity index (χ3v) is 4.74. The molecule has 20 heavy (non-hydrogen) atoms. The van der Waals surface area contributed by atoms with Gasteiger partial charge in [-0.25, -0.2) is 8.42 Å². The zero-order valence-electron chi connectivity index (χ0n) is 11.2. The number of nitrogens with one attached hydrogen (secondary N) is 1. The Labute approximate surface area is 119 Å². The molecule has 0 bridgehead atoms. The van der Waals surface area contributed by atoms with Gasteiger partial charge in [0.2, 0.25) is 10.0 Å². The Morgan fingerprint density at radius 1 is 1.25 bits per heavy atom. The molecule has 0 spiro atoms. The minimum absolute atomic E-state index is 0.0369. The molecule has 1 aromatic carbocycles. The summed E-state index contributed by atoms with van der Waals surface area (Å²) >= 11 is 0. The number of aryl methyl sites for hydroxylation is 1. The van der Waals surface area contributed by atoms with Gasteiger partial charge < -0.3 is 4.98 Å². The molecule has 0 saturated carbocycles. The van der Waals surface area contributed by atoms with Crippen LogP contribution in [-0.4, -0.2) is 24.3 Å². The molecule has 1 aromatic heterocycles. The SMILES string of the molecule is C#CCN(Cc1ccc[nH]1)S(=O)(=O)c1ccc(C)cc1. The molecule has 5 heteroatoms. The standard InChI is InChI=1S/C15H16N2O2S/c1-3-11-17(12-14-5-4-10-16-14)20(18,19)15-8-6-13(2)7-9-15/h1,4-10,16H,11-12H2,2H3. The van der Waals surface area contributed by atoms with Gasteiger partial charge in [-0.05, 0) is 31.2 Å². The molecular formula is C15H16N2O2S. The van der Waals surface area contributed by atoms with E-state index in [0.717, 1.165) is 11.3 Å². The van der Waals surface area contributed by atoms with Gasteiger partial charge in [0.1, 0.15) is 0 Å². The van der Waals surface area contributed by atoms with Crippen molar-refractivity contribution >= 4 is 10.0 Å². The van der Waals surface area contributed by atoms with Crippen molar-refractivity contribution in [2.75, 3.05) is 6.54 Å². The lowest BCUT2D eigenvalue weighted by Crippen LogP contribution is -2.31. The van der Waals surface area contributed by atoms with Crippen molar-refractivity contribution in [2.45, 2.75) is 18.4 Å². The van der Waals surface area contributed by atoms with Gasteiger partial charge in [-0.3, -0.25) is 0 Å². The van der Waals surface area contributed by atoms with E-state index in [9.17, 15) is 8.42 Å². The summed E-state index contributed by atoms with van der Waals surface area (Å²) in [5.41, 5.74) is 1.81. The van der Waals surface area contributed by atoms with E-state index in [1.165, 1.54) is 4.31 Å². The van der Waals surface area contributed by atoms with E-state index < -0.39 is 10.0 Å². The minimum Gasteiger partial charge on any atom is -0.364 e. The molecule has 2 aromatic rings. The first-order valence-corrected chi connectivity index (χ1v) is 7.60. The van der Waals surface area contributed by atoms with Crippen molar-refractivity contribution in [3.63, 3.8) is 0 Å². The fourth-order valence-corrected chi connectivity index (χ4v) is 3.17. The monoisotopic (exact) mass is 288 g/mol. The number of aromatic nitrogens is 1. The Bertz CT molecular complexity index is 695. The molecule has 0 aliphatic carbocycles. The summed E-state index contributed by atoms with van der Waals surface area (Å²) in [5, 5.41) is 0. The van der Waals surface area contributed by atoms with E-state index in [1.54, 1.807) is 30.5 Å². The lowest BCUT2D eigenvalue weighted by atomic mass is 10.2. The van der Waals surface area contributed by atoms with Crippen molar-refractivity contribution in [1.82, 2.24) is 9.29 Å². The Balaban J connectivity index is 2.32. The summed E-state index contributed by atoms with van der Waals surface area (Å²) in [7, 11) is -3.59. The fraction of sp³-hybridized carbons (Fsp3) is 0.200. The number of rotatable bonds is 5. The smallest absolute Gasteiger partial charge is 0.244 e. The van der Waals surface area contributed by atoms with Crippen LogP contribution < -0.4 is 0 Å². The zero-order valence-corrected chi connectivity index (χ0v) is 12.0. The second-order valence-electron chi connectivity index (χ2n) is 4.49. The van der Waals surface area contributed by atoms with E-state index >= 15 is 0 Å². The maximum absolute atomic E-state index is 12.6. The van der Waals surface area contributed by atoms with Crippen LogP contribution in [0.3, 0.4) is 0 Å². The fourth-order valence-electron chi connectivity index (χ4n) is 1.84. The van der Waals surface area contributed by atoms with Gasteiger partial charge in [-0.2, -0.15) is 4.31 Å². The van der Waals surface area contributed by atoms with E-state index in [2.05, 4.69) is 10.9 Å². The quantitative estimate of drug-likeness (QED) is 0.857. The molecule has 0 atom stereocenters. The van der Waals surface area contributed by atoms with Crippen molar-refractivity contribution in [2.24, 2.45) is 0 Å². The summed E-state index contributed by atoms with van der Waals surface area (Å²) in [6, 6.07) is 10.4. The topological polar surface area (TPSA) is 53.2 Å². The normalized spacial score (nSPS) is 11.4. The molecule has 104 valence electrons. The second kappa shape index (κ2) is 5.95. The van der Waals surface area contributed by atoms with E-state index in [1.807, 2.05) is 19.1 Å². The number of nitrogens with zero attached hydrogens (tertiary/aromatic N) is 1. The number of sulfonamides is 1. The van der Waals surface area contributed by atoms with Gasteiger partial charge in [-0.15, -0.1) is 6.42 Å². The summed E-state index contributed by atoms with van der Waals surface area (Å²) in [6.45, 7) is 2.18. The van der Waals surface area contributed by atoms with Crippen LogP contribution in [0.4, 0.5) is 0 Å². The molecule has 0 aliphatic rings. The number of terminal acetylenes is 1. The number of H-pyrrole nitrogens is 1. The lowest BCUT2D eigenvalue weighted by molar-refractivity contribution is 0.439. The van der Waals surface area contributed by atoms with Crippen LogP contribution in [0.1, 0.15) is 11.3 Å². The van der Waals surface area contributed by atoms with Crippen LogP contribution >= 0.6 is 0 Å². The number of benzene rings is 1. The molecule has 2 rings (SSSR count). The molecule has 0 aliphatic heterocycles. The van der Waals surface area contributed by atoms with Gasteiger partial charge >= 0.3 is 0 Å². The van der Waals surface area contributed by atoms with E-state index in [-0.39, 0.29) is 18.0 Å². The predicted octanol–water partition coefficient (Wildman–Crippen LogP) is 2.15. The van der Waals surface area contributed by atoms with Gasteiger partial charge in [0.15, 0.2) is 0 Å². The Morgan fingerprint density at radius 3 is 2.50 bits per heavy atom. The average molecular weight is 288 g/mol. The van der Waals surface area contributed by atoms with Gasteiger partial charge in [0, 0.05) is 11.9 Å². The third kappa shape index (κ3) is 3.10. The minimum atomic E-state index is -3.59. The first-order valence-electron chi connectivity index (χ1n) is 6.16. The predicted molar refractivity (Wildman–Crippen MR) is 78.4 cm³/mol. The summed E-state index contributed by atoms with van der Waals surface area (Å²) in [4.78, 5) is 3.24. The molecule has 0 radical (unpaired) electrons. The molecule has 4 nitrogen and oxygen atoms in total. The van der Waals surface area contributed by atoms with Crippen LogP contribution in [0.5, 0.6) is 0 Å². The Hall–Kier alpha value is -2.03. The molecule has 0 saturated heterocycles. The third-order valence-electron chi connectivity index (χ3n) is 2.94. The van der Waals surface area contributed by atoms with Gasteiger partial charge in [0.05, 0.1) is 18.0 Å². The summed E-state index contributed by atoms with van der Waals surface area (Å²) in [5.74, 6) is 2.40. The van der Waals surface area contributed by atoms with Crippen LogP contribution in [0.2, 0.25) is 0 Å². The maximum Gasteiger partial charge on any atom is 0.244 e. The van der Waals surface area contributed by atoms with Gasteiger partial charge in [-0.1, -0.05) is 23.6 Å². The van der Waals surface area contributed by atoms with Crippen LogP contribution in [0.25, 0.3) is 0 Å². The lowest BCUT2D eigenvalue weighted by Gasteiger charge is -2.19. The second-order valence-corrected chi connectivity index (χ2v) is 6.42. The molecule has 0 fully saturated rings. The first kappa shape index (κ1) is 14.4.